The number of carbonyl (C=O) groups excluding carboxylic acids is 1. The molecule has 0 aliphatic rings. The summed E-state index contributed by atoms with van der Waals surface area (Å²) in [6.07, 6.45) is -1.12. The number of rotatable bonds is 2. The SMILES string of the molecule is CC(C)(C)OC(=O)Nc1cc(F)c(F)c(F)c1C(=O)O. The van der Waals surface area contributed by atoms with Crippen LogP contribution in [-0.2, 0) is 4.74 Å². The number of hydrogen-bond acceptors (Lipinski definition) is 3. The topological polar surface area (TPSA) is 75.6 Å². The van der Waals surface area contributed by atoms with Crippen molar-refractivity contribution in [2.75, 3.05) is 5.32 Å². The van der Waals surface area contributed by atoms with E-state index in [0.29, 0.717) is 6.07 Å². The highest BCUT2D eigenvalue weighted by molar-refractivity contribution is 5.99. The van der Waals surface area contributed by atoms with E-state index >= 15 is 0 Å². The van der Waals surface area contributed by atoms with Gasteiger partial charge in [0.25, 0.3) is 0 Å². The second kappa shape index (κ2) is 5.40. The molecule has 1 aromatic carbocycles. The van der Waals surface area contributed by atoms with Gasteiger partial charge in [-0.15, -0.1) is 0 Å². The normalized spacial score (nSPS) is 11.1. The number of carboxylic acid groups (broad SMARTS) is 1. The zero-order chi connectivity index (χ0) is 15.7. The van der Waals surface area contributed by atoms with Crippen molar-refractivity contribution >= 4 is 17.7 Å². The lowest BCUT2D eigenvalue weighted by molar-refractivity contribution is 0.0636. The molecule has 0 bridgehead atoms. The van der Waals surface area contributed by atoms with E-state index in [1.807, 2.05) is 5.32 Å². The zero-order valence-corrected chi connectivity index (χ0v) is 10.9. The molecule has 0 fully saturated rings. The van der Waals surface area contributed by atoms with Crippen LogP contribution >= 0.6 is 0 Å². The fourth-order valence-corrected chi connectivity index (χ4v) is 1.32. The van der Waals surface area contributed by atoms with Crippen LogP contribution in [0.5, 0.6) is 0 Å². The third-order valence-electron chi connectivity index (χ3n) is 2.01. The Morgan fingerprint density at radius 1 is 1.20 bits per heavy atom. The molecule has 8 heteroatoms. The van der Waals surface area contributed by atoms with Gasteiger partial charge in [-0.3, -0.25) is 5.32 Å². The highest BCUT2D eigenvalue weighted by Crippen LogP contribution is 2.25. The van der Waals surface area contributed by atoms with Gasteiger partial charge in [-0.2, -0.15) is 0 Å². The maximum Gasteiger partial charge on any atom is 0.412 e. The fraction of sp³-hybridized carbons (Fsp3) is 0.333. The number of nitrogens with one attached hydrogen (secondary N) is 1. The predicted molar refractivity (Wildman–Crippen MR) is 63.1 cm³/mol. The minimum absolute atomic E-state index is 0.367. The van der Waals surface area contributed by atoms with Gasteiger partial charge in [-0.1, -0.05) is 0 Å². The maximum atomic E-state index is 13.4. The predicted octanol–water partition coefficient (Wildman–Crippen LogP) is 3.15. The number of anilines is 1. The van der Waals surface area contributed by atoms with Crippen molar-refractivity contribution in [2.45, 2.75) is 26.4 Å². The van der Waals surface area contributed by atoms with E-state index in [1.54, 1.807) is 0 Å². The number of carbonyl (C=O) groups is 2. The fourth-order valence-electron chi connectivity index (χ4n) is 1.32. The van der Waals surface area contributed by atoms with E-state index in [-0.39, 0.29) is 0 Å². The van der Waals surface area contributed by atoms with Crippen molar-refractivity contribution in [3.63, 3.8) is 0 Å². The van der Waals surface area contributed by atoms with Gasteiger partial charge in [0.15, 0.2) is 17.5 Å². The molecule has 0 aliphatic heterocycles. The summed E-state index contributed by atoms with van der Waals surface area (Å²) in [5, 5.41) is 10.7. The summed E-state index contributed by atoms with van der Waals surface area (Å²) in [4.78, 5) is 22.3. The Balaban J connectivity index is 3.18. The van der Waals surface area contributed by atoms with E-state index in [4.69, 9.17) is 9.84 Å². The lowest BCUT2D eigenvalue weighted by Gasteiger charge is -2.20. The quantitative estimate of drug-likeness (QED) is 0.821. The van der Waals surface area contributed by atoms with Crippen molar-refractivity contribution in [1.82, 2.24) is 0 Å². The van der Waals surface area contributed by atoms with Gasteiger partial charge in [0.05, 0.1) is 5.69 Å². The summed E-state index contributed by atoms with van der Waals surface area (Å²) in [6, 6.07) is 0.367. The summed E-state index contributed by atoms with van der Waals surface area (Å²) in [5.74, 6) is -7.31. The standard InChI is InChI=1S/C12H12F3NO4/c1-12(2,3)20-11(19)16-6-4-5(13)8(14)9(15)7(6)10(17)18/h4H,1-3H3,(H,16,19)(H,17,18). The molecular weight excluding hydrogens is 279 g/mol. The van der Waals surface area contributed by atoms with E-state index in [0.717, 1.165) is 0 Å². The molecule has 110 valence electrons. The molecule has 0 radical (unpaired) electrons. The Hall–Kier alpha value is -2.25. The zero-order valence-electron chi connectivity index (χ0n) is 10.9. The first kappa shape index (κ1) is 15.8. The smallest absolute Gasteiger partial charge is 0.412 e. The number of amides is 1. The second-order valence-electron chi connectivity index (χ2n) is 4.84. The van der Waals surface area contributed by atoms with Crippen LogP contribution < -0.4 is 5.32 Å². The number of halogens is 3. The van der Waals surface area contributed by atoms with E-state index in [1.165, 1.54) is 20.8 Å². The van der Waals surface area contributed by atoms with Gasteiger partial charge >= 0.3 is 12.1 Å². The highest BCUT2D eigenvalue weighted by Gasteiger charge is 2.26. The summed E-state index contributed by atoms with van der Waals surface area (Å²) < 4.78 is 44.2. The Kier molecular flexibility index (Phi) is 4.26. The van der Waals surface area contributed by atoms with Crippen LogP contribution in [0.2, 0.25) is 0 Å². The monoisotopic (exact) mass is 291 g/mol. The molecule has 0 aliphatic carbocycles. The van der Waals surface area contributed by atoms with Crippen molar-refractivity contribution in [2.24, 2.45) is 0 Å². The summed E-state index contributed by atoms with van der Waals surface area (Å²) in [6.45, 7) is 4.61. The molecule has 0 unspecified atom stereocenters. The van der Waals surface area contributed by atoms with Crippen LogP contribution in [0.25, 0.3) is 0 Å². The maximum absolute atomic E-state index is 13.4. The van der Waals surface area contributed by atoms with Gasteiger partial charge in [0.1, 0.15) is 11.2 Å². The third-order valence-corrected chi connectivity index (χ3v) is 2.01. The van der Waals surface area contributed by atoms with Crippen LogP contribution in [0.4, 0.5) is 23.7 Å². The third kappa shape index (κ3) is 3.62. The van der Waals surface area contributed by atoms with Gasteiger partial charge in [-0.25, -0.2) is 22.8 Å². The first-order valence-electron chi connectivity index (χ1n) is 5.43. The van der Waals surface area contributed by atoms with Gasteiger partial charge in [0, 0.05) is 6.07 Å². The minimum atomic E-state index is -1.93. The van der Waals surface area contributed by atoms with E-state index in [9.17, 15) is 22.8 Å². The number of hydrogen-bond donors (Lipinski definition) is 2. The molecule has 1 amide bonds. The Morgan fingerprint density at radius 3 is 2.20 bits per heavy atom. The van der Waals surface area contributed by atoms with Crippen molar-refractivity contribution in [3.05, 3.63) is 29.1 Å². The second-order valence-corrected chi connectivity index (χ2v) is 4.84. The molecule has 1 aromatic rings. The average Bonchev–Trinajstić information content (AvgIpc) is 2.22. The molecule has 0 heterocycles. The highest BCUT2D eigenvalue weighted by atomic mass is 19.2. The van der Waals surface area contributed by atoms with Gasteiger partial charge in [-0.05, 0) is 20.8 Å². The summed E-state index contributed by atoms with van der Waals surface area (Å²) in [5.41, 5.74) is -2.82. The van der Waals surface area contributed by atoms with Crippen molar-refractivity contribution in [1.29, 1.82) is 0 Å². The lowest BCUT2D eigenvalue weighted by Crippen LogP contribution is -2.28. The molecule has 20 heavy (non-hydrogen) atoms. The molecule has 1 rings (SSSR count). The van der Waals surface area contributed by atoms with Crippen LogP contribution in [-0.4, -0.2) is 22.8 Å². The molecule has 0 saturated carbocycles. The number of aromatic carboxylic acids is 1. The van der Waals surface area contributed by atoms with Crippen LogP contribution in [0, 0.1) is 17.5 Å². The molecule has 0 aromatic heterocycles. The lowest BCUT2D eigenvalue weighted by atomic mass is 10.1. The first-order valence-corrected chi connectivity index (χ1v) is 5.43. The Bertz CT molecular complexity index is 567. The van der Waals surface area contributed by atoms with Crippen molar-refractivity contribution in [3.8, 4) is 0 Å². The number of ether oxygens (including phenoxy) is 1. The van der Waals surface area contributed by atoms with Crippen molar-refractivity contribution < 1.29 is 32.6 Å². The Labute approximate surface area is 112 Å². The number of benzene rings is 1. The average molecular weight is 291 g/mol. The van der Waals surface area contributed by atoms with Crippen LogP contribution in [0.3, 0.4) is 0 Å². The molecule has 0 spiro atoms. The van der Waals surface area contributed by atoms with Gasteiger partial charge in [0.2, 0.25) is 0 Å². The summed E-state index contributed by atoms with van der Waals surface area (Å²) >= 11 is 0. The number of carboxylic acids is 1. The van der Waals surface area contributed by atoms with Crippen LogP contribution in [0.1, 0.15) is 31.1 Å². The molecular formula is C12H12F3NO4. The van der Waals surface area contributed by atoms with E-state index < -0.39 is 46.4 Å². The molecule has 5 nitrogen and oxygen atoms in total. The molecule has 0 atom stereocenters. The molecule has 0 saturated heterocycles. The first-order chi connectivity index (χ1) is 9.03. The minimum Gasteiger partial charge on any atom is -0.478 e. The Morgan fingerprint density at radius 2 is 1.75 bits per heavy atom. The van der Waals surface area contributed by atoms with Crippen LogP contribution in [0.15, 0.2) is 6.07 Å². The van der Waals surface area contributed by atoms with Gasteiger partial charge < -0.3 is 9.84 Å². The van der Waals surface area contributed by atoms with E-state index in [2.05, 4.69) is 0 Å². The summed E-state index contributed by atoms with van der Waals surface area (Å²) in [7, 11) is 0. The molecule has 2 N–H and O–H groups in total. The largest absolute Gasteiger partial charge is 0.478 e.